The Kier molecular flexibility index (Phi) is 4.09. The second-order valence-electron chi connectivity index (χ2n) is 3.73. The lowest BCUT2D eigenvalue weighted by Gasteiger charge is -2.10. The molecule has 2 aromatic heterocycles. The molecule has 16 heavy (non-hydrogen) atoms. The van der Waals surface area contributed by atoms with Gasteiger partial charge in [0.15, 0.2) is 0 Å². The lowest BCUT2D eigenvalue weighted by Crippen LogP contribution is -2.16. The zero-order valence-electron chi connectivity index (χ0n) is 9.56. The van der Waals surface area contributed by atoms with E-state index in [1.54, 1.807) is 11.3 Å². The van der Waals surface area contributed by atoms with E-state index in [2.05, 4.69) is 36.3 Å². The topological polar surface area (TPSA) is 24.9 Å². The van der Waals surface area contributed by atoms with E-state index in [0.717, 1.165) is 13.0 Å². The van der Waals surface area contributed by atoms with Gasteiger partial charge in [-0.2, -0.15) is 0 Å². The molecule has 1 atom stereocenters. The van der Waals surface area contributed by atoms with Crippen LogP contribution in [0.2, 0.25) is 0 Å². The number of thiophene rings is 1. The Morgan fingerprint density at radius 2 is 2.25 bits per heavy atom. The Hall–Kier alpha value is -0.710. The maximum atomic E-state index is 4.07. The summed E-state index contributed by atoms with van der Waals surface area (Å²) < 4.78 is 0. The highest BCUT2D eigenvalue weighted by atomic mass is 32.1. The lowest BCUT2D eigenvalue weighted by atomic mass is 10.2. The number of aromatic nitrogens is 1. The number of thiazole rings is 1. The summed E-state index contributed by atoms with van der Waals surface area (Å²) in [6, 6.07) is 4.88. The second kappa shape index (κ2) is 5.57. The van der Waals surface area contributed by atoms with E-state index in [-0.39, 0.29) is 0 Å². The van der Waals surface area contributed by atoms with Gasteiger partial charge in [-0.3, -0.25) is 4.98 Å². The Labute approximate surface area is 104 Å². The van der Waals surface area contributed by atoms with Gasteiger partial charge < -0.3 is 5.32 Å². The van der Waals surface area contributed by atoms with Gasteiger partial charge in [-0.15, -0.1) is 22.7 Å². The van der Waals surface area contributed by atoms with Gasteiger partial charge in [-0.25, -0.2) is 0 Å². The Morgan fingerprint density at radius 3 is 2.88 bits per heavy atom. The van der Waals surface area contributed by atoms with Crippen molar-refractivity contribution in [1.29, 1.82) is 0 Å². The third kappa shape index (κ3) is 2.90. The predicted octanol–water partition coefficient (Wildman–Crippen LogP) is 3.62. The van der Waals surface area contributed by atoms with Crippen molar-refractivity contribution >= 4 is 22.7 Å². The van der Waals surface area contributed by atoms with Crippen molar-refractivity contribution in [1.82, 2.24) is 10.3 Å². The lowest BCUT2D eigenvalue weighted by molar-refractivity contribution is 0.587. The van der Waals surface area contributed by atoms with Crippen molar-refractivity contribution < 1.29 is 0 Å². The van der Waals surface area contributed by atoms with E-state index in [0.29, 0.717) is 6.04 Å². The third-order valence-corrected chi connectivity index (χ3v) is 4.72. The van der Waals surface area contributed by atoms with Crippen LogP contribution >= 0.6 is 22.7 Å². The van der Waals surface area contributed by atoms with Gasteiger partial charge in [0.05, 0.1) is 5.51 Å². The molecule has 4 heteroatoms. The van der Waals surface area contributed by atoms with Crippen LogP contribution < -0.4 is 5.32 Å². The molecule has 1 N–H and O–H groups in total. The van der Waals surface area contributed by atoms with Crippen LogP contribution in [0.3, 0.4) is 0 Å². The maximum Gasteiger partial charge on any atom is 0.0794 e. The van der Waals surface area contributed by atoms with E-state index in [4.69, 9.17) is 0 Å². The zero-order chi connectivity index (χ0) is 11.4. The fourth-order valence-corrected chi connectivity index (χ4v) is 3.03. The van der Waals surface area contributed by atoms with Gasteiger partial charge in [-0.05, 0) is 25.5 Å². The fraction of sp³-hybridized carbons (Fsp3) is 0.417. The highest BCUT2D eigenvalue weighted by molar-refractivity contribution is 7.12. The van der Waals surface area contributed by atoms with Crippen LogP contribution in [0.1, 0.15) is 34.5 Å². The molecule has 0 aromatic carbocycles. The first-order valence-electron chi connectivity index (χ1n) is 5.49. The molecule has 0 saturated carbocycles. The van der Waals surface area contributed by atoms with Crippen LogP contribution in [-0.4, -0.2) is 4.98 Å². The van der Waals surface area contributed by atoms with Crippen molar-refractivity contribution in [2.24, 2.45) is 0 Å². The number of aryl methyl sites for hydroxylation is 1. The molecule has 2 aromatic rings. The summed E-state index contributed by atoms with van der Waals surface area (Å²) in [5.74, 6) is 0. The molecule has 0 amide bonds. The van der Waals surface area contributed by atoms with Gasteiger partial charge in [0, 0.05) is 33.4 Å². The van der Waals surface area contributed by atoms with Crippen LogP contribution in [0.25, 0.3) is 0 Å². The molecule has 1 unspecified atom stereocenters. The highest BCUT2D eigenvalue weighted by Crippen LogP contribution is 2.23. The molecular formula is C12H16N2S2. The van der Waals surface area contributed by atoms with Crippen LogP contribution in [0.15, 0.2) is 23.8 Å². The second-order valence-corrected chi connectivity index (χ2v) is 5.90. The van der Waals surface area contributed by atoms with Crippen LogP contribution in [-0.2, 0) is 13.0 Å². The highest BCUT2D eigenvalue weighted by Gasteiger charge is 2.07. The Balaban J connectivity index is 1.90. The third-order valence-electron chi connectivity index (χ3n) is 2.52. The number of nitrogens with one attached hydrogen (secondary N) is 1. The van der Waals surface area contributed by atoms with Crippen LogP contribution in [0.4, 0.5) is 0 Å². The molecule has 86 valence electrons. The average Bonchev–Trinajstić information content (AvgIpc) is 2.96. The summed E-state index contributed by atoms with van der Waals surface area (Å²) in [5.41, 5.74) is 1.88. The molecule has 0 aliphatic heterocycles. The summed E-state index contributed by atoms with van der Waals surface area (Å²) in [6.07, 6.45) is 3.06. The molecule has 0 radical (unpaired) electrons. The van der Waals surface area contributed by atoms with E-state index in [1.807, 2.05) is 23.0 Å². The molecule has 0 bridgehead atoms. The fourth-order valence-electron chi connectivity index (χ4n) is 1.50. The maximum absolute atomic E-state index is 4.07. The van der Waals surface area contributed by atoms with Crippen molar-refractivity contribution in [3.05, 3.63) is 38.5 Å². The summed E-state index contributed by atoms with van der Waals surface area (Å²) in [6.45, 7) is 5.32. The molecule has 0 aliphatic carbocycles. The number of hydrogen-bond donors (Lipinski definition) is 1. The van der Waals surface area contributed by atoms with E-state index < -0.39 is 0 Å². The Morgan fingerprint density at radius 1 is 1.38 bits per heavy atom. The number of hydrogen-bond acceptors (Lipinski definition) is 4. The molecule has 0 saturated heterocycles. The minimum atomic E-state index is 0.424. The first-order chi connectivity index (χ1) is 7.79. The molecule has 0 spiro atoms. The van der Waals surface area contributed by atoms with Crippen molar-refractivity contribution in [2.45, 2.75) is 32.9 Å². The van der Waals surface area contributed by atoms with Crippen LogP contribution in [0.5, 0.6) is 0 Å². The molecule has 0 aliphatic rings. The molecule has 2 heterocycles. The van der Waals surface area contributed by atoms with Gasteiger partial charge >= 0.3 is 0 Å². The SMILES string of the molecule is CCc1ccc(C(C)NCc2cncs2)s1. The van der Waals surface area contributed by atoms with Crippen molar-refractivity contribution in [2.75, 3.05) is 0 Å². The number of rotatable bonds is 5. The first-order valence-corrected chi connectivity index (χ1v) is 7.18. The monoisotopic (exact) mass is 252 g/mol. The summed E-state index contributed by atoms with van der Waals surface area (Å²) in [7, 11) is 0. The van der Waals surface area contributed by atoms with E-state index >= 15 is 0 Å². The first kappa shape index (κ1) is 11.8. The smallest absolute Gasteiger partial charge is 0.0794 e. The van der Waals surface area contributed by atoms with Crippen molar-refractivity contribution in [3.63, 3.8) is 0 Å². The largest absolute Gasteiger partial charge is 0.304 e. The molecule has 2 nitrogen and oxygen atoms in total. The predicted molar refractivity (Wildman–Crippen MR) is 71.1 cm³/mol. The zero-order valence-corrected chi connectivity index (χ0v) is 11.2. The molecule has 0 fully saturated rings. The minimum absolute atomic E-state index is 0.424. The summed E-state index contributed by atoms with van der Waals surface area (Å²) in [4.78, 5) is 8.24. The van der Waals surface area contributed by atoms with Gasteiger partial charge in [0.1, 0.15) is 0 Å². The number of nitrogens with zero attached hydrogens (tertiary/aromatic N) is 1. The quantitative estimate of drug-likeness (QED) is 0.879. The van der Waals surface area contributed by atoms with Gasteiger partial charge in [0.2, 0.25) is 0 Å². The van der Waals surface area contributed by atoms with Gasteiger partial charge in [0.25, 0.3) is 0 Å². The summed E-state index contributed by atoms with van der Waals surface area (Å²) >= 11 is 3.60. The normalized spacial score (nSPS) is 12.9. The van der Waals surface area contributed by atoms with E-state index in [9.17, 15) is 0 Å². The van der Waals surface area contributed by atoms with E-state index in [1.165, 1.54) is 14.6 Å². The molecular weight excluding hydrogens is 236 g/mol. The molecule has 2 rings (SSSR count). The van der Waals surface area contributed by atoms with Gasteiger partial charge in [-0.1, -0.05) is 6.92 Å². The van der Waals surface area contributed by atoms with Crippen molar-refractivity contribution in [3.8, 4) is 0 Å². The Bertz CT molecular complexity index is 420. The average molecular weight is 252 g/mol. The minimum Gasteiger partial charge on any atom is -0.304 e. The summed E-state index contributed by atoms with van der Waals surface area (Å²) in [5, 5.41) is 3.52. The van der Waals surface area contributed by atoms with Crippen LogP contribution in [0, 0.1) is 0 Å². The standard InChI is InChI=1S/C12H16N2S2/c1-3-10-4-5-12(16-10)9(2)14-7-11-6-13-8-15-11/h4-6,8-9,14H,3,7H2,1-2H3.